The fraction of sp³-hybridized carbons (Fsp3) is 0.250. The van der Waals surface area contributed by atoms with Crippen LogP contribution in [0, 0.1) is 5.41 Å². The van der Waals surface area contributed by atoms with Crippen LogP contribution in [0.1, 0.15) is 26.3 Å². The second-order valence-electron chi connectivity index (χ2n) is 5.63. The van der Waals surface area contributed by atoms with Crippen LogP contribution in [0.25, 0.3) is 11.8 Å². The van der Waals surface area contributed by atoms with Gasteiger partial charge in [-0.25, -0.2) is 4.98 Å². The van der Waals surface area contributed by atoms with E-state index in [4.69, 9.17) is 11.6 Å². The van der Waals surface area contributed by atoms with Crippen molar-refractivity contribution in [2.75, 3.05) is 0 Å². The first kappa shape index (κ1) is 14.5. The van der Waals surface area contributed by atoms with Crippen molar-refractivity contribution in [1.29, 1.82) is 0 Å². The van der Waals surface area contributed by atoms with Crippen LogP contribution < -0.4 is 0 Å². The van der Waals surface area contributed by atoms with Gasteiger partial charge in [-0.1, -0.05) is 44.5 Å². The average Bonchev–Trinajstić information content (AvgIpc) is 2.90. The van der Waals surface area contributed by atoms with Gasteiger partial charge < -0.3 is 4.57 Å². The third-order valence-electron chi connectivity index (χ3n) is 2.87. The van der Waals surface area contributed by atoms with Crippen LogP contribution in [0.15, 0.2) is 43.0 Å². The molecule has 2 rings (SSSR count). The van der Waals surface area contributed by atoms with E-state index < -0.39 is 5.41 Å². The Morgan fingerprint density at radius 2 is 1.90 bits per heavy atom. The molecular formula is C16H17ClN2O. The van der Waals surface area contributed by atoms with Gasteiger partial charge in [-0.15, -0.1) is 0 Å². The quantitative estimate of drug-likeness (QED) is 0.795. The third-order valence-corrected chi connectivity index (χ3v) is 3.12. The zero-order valence-corrected chi connectivity index (χ0v) is 12.6. The first-order valence-electron chi connectivity index (χ1n) is 6.38. The molecule has 4 heteroatoms. The highest BCUT2D eigenvalue weighted by Crippen LogP contribution is 2.25. The van der Waals surface area contributed by atoms with Crippen LogP contribution in [0.4, 0.5) is 0 Å². The maximum absolute atomic E-state index is 12.6. The Labute approximate surface area is 123 Å². The van der Waals surface area contributed by atoms with E-state index in [0.29, 0.717) is 10.7 Å². The molecule has 0 saturated carbocycles. The molecular weight excluding hydrogens is 272 g/mol. The molecule has 0 aliphatic heterocycles. The number of Topliss-reactive ketones (excluding diaryl/α,β-unsaturated/α-hetero) is 1. The van der Waals surface area contributed by atoms with Gasteiger partial charge in [0.05, 0.1) is 12.0 Å². The fourth-order valence-corrected chi connectivity index (χ4v) is 1.89. The first-order valence-corrected chi connectivity index (χ1v) is 6.76. The highest BCUT2D eigenvalue weighted by atomic mass is 35.5. The maximum Gasteiger partial charge on any atom is 0.184 e. The number of carbonyl (C=O) groups is 1. The molecule has 20 heavy (non-hydrogen) atoms. The number of allylic oxidation sites excluding steroid dienone is 1. The molecule has 0 spiro atoms. The van der Waals surface area contributed by atoms with Gasteiger partial charge in [0.15, 0.2) is 5.78 Å². The monoisotopic (exact) mass is 288 g/mol. The lowest BCUT2D eigenvalue weighted by Crippen LogP contribution is -2.23. The number of hydrogen-bond acceptors (Lipinski definition) is 2. The van der Waals surface area contributed by atoms with E-state index in [1.807, 2.05) is 39.0 Å². The summed E-state index contributed by atoms with van der Waals surface area (Å²) in [5.41, 5.74) is 1.07. The highest BCUT2D eigenvalue weighted by molar-refractivity contribution is 6.30. The first-order chi connectivity index (χ1) is 9.38. The van der Waals surface area contributed by atoms with Crippen LogP contribution in [-0.2, 0) is 4.79 Å². The Bertz CT molecular complexity index is 619. The molecule has 1 heterocycles. The van der Waals surface area contributed by atoms with E-state index >= 15 is 0 Å². The van der Waals surface area contributed by atoms with Crippen LogP contribution in [0.5, 0.6) is 0 Å². The second-order valence-corrected chi connectivity index (χ2v) is 6.07. The normalized spacial score (nSPS) is 12.5. The van der Waals surface area contributed by atoms with Gasteiger partial charge in [0.2, 0.25) is 0 Å². The summed E-state index contributed by atoms with van der Waals surface area (Å²) in [4.78, 5) is 16.6. The van der Waals surface area contributed by atoms with Gasteiger partial charge >= 0.3 is 0 Å². The molecule has 1 aromatic heterocycles. The minimum absolute atomic E-state index is 0.0606. The molecule has 0 aliphatic rings. The van der Waals surface area contributed by atoms with Gasteiger partial charge in [0, 0.05) is 22.8 Å². The van der Waals surface area contributed by atoms with E-state index in [-0.39, 0.29) is 5.78 Å². The lowest BCUT2D eigenvalue weighted by molar-refractivity contribution is -0.120. The molecule has 1 aromatic carbocycles. The maximum atomic E-state index is 12.6. The lowest BCUT2D eigenvalue weighted by atomic mass is 9.88. The standard InChI is InChI=1S/C16H17ClN2O/c1-16(2,3)15(20)14(19-9-8-18-11-19)10-12-4-6-13(17)7-5-12/h4-11H,1-3H3. The number of nitrogens with zero attached hydrogens (tertiary/aromatic N) is 2. The molecule has 0 bridgehead atoms. The number of halogens is 1. The van der Waals surface area contributed by atoms with Crippen molar-refractivity contribution in [2.45, 2.75) is 20.8 Å². The van der Waals surface area contributed by atoms with Gasteiger partial charge in [0.25, 0.3) is 0 Å². The number of rotatable bonds is 3. The Hall–Kier alpha value is -1.87. The second kappa shape index (κ2) is 5.63. The van der Waals surface area contributed by atoms with Gasteiger partial charge in [-0.05, 0) is 23.8 Å². The number of ketones is 1. The predicted molar refractivity (Wildman–Crippen MR) is 82.3 cm³/mol. The third kappa shape index (κ3) is 3.36. The van der Waals surface area contributed by atoms with Crippen molar-refractivity contribution in [1.82, 2.24) is 9.55 Å². The van der Waals surface area contributed by atoms with Crippen molar-refractivity contribution < 1.29 is 4.79 Å². The summed E-state index contributed by atoms with van der Waals surface area (Å²) in [6, 6.07) is 7.38. The number of imidazole rings is 1. The molecule has 0 radical (unpaired) electrons. The Kier molecular flexibility index (Phi) is 4.09. The van der Waals surface area contributed by atoms with Gasteiger partial charge in [0.1, 0.15) is 0 Å². The summed E-state index contributed by atoms with van der Waals surface area (Å²) in [7, 11) is 0. The van der Waals surface area contributed by atoms with Crippen molar-refractivity contribution in [2.24, 2.45) is 5.41 Å². The minimum Gasteiger partial charge on any atom is -0.303 e. The van der Waals surface area contributed by atoms with Crippen molar-refractivity contribution in [3.05, 3.63) is 53.6 Å². The van der Waals surface area contributed by atoms with Crippen LogP contribution in [0.2, 0.25) is 5.02 Å². The summed E-state index contributed by atoms with van der Waals surface area (Å²) in [5.74, 6) is 0.0606. The number of carbonyl (C=O) groups excluding carboxylic acids is 1. The van der Waals surface area contributed by atoms with E-state index in [2.05, 4.69) is 4.98 Å². The Morgan fingerprint density at radius 3 is 2.40 bits per heavy atom. The summed E-state index contributed by atoms with van der Waals surface area (Å²) < 4.78 is 1.74. The molecule has 104 valence electrons. The molecule has 0 saturated heterocycles. The SMILES string of the molecule is CC(C)(C)C(=O)C(=Cc1ccc(Cl)cc1)n1ccnc1. The largest absolute Gasteiger partial charge is 0.303 e. The zero-order valence-electron chi connectivity index (χ0n) is 11.8. The smallest absolute Gasteiger partial charge is 0.184 e. The van der Waals surface area contributed by atoms with Crippen LogP contribution in [-0.4, -0.2) is 15.3 Å². The predicted octanol–water partition coefficient (Wildman–Crippen LogP) is 4.15. The number of aromatic nitrogens is 2. The molecule has 0 fully saturated rings. The number of hydrogen-bond donors (Lipinski definition) is 0. The lowest BCUT2D eigenvalue weighted by Gasteiger charge is -2.19. The topological polar surface area (TPSA) is 34.9 Å². The molecule has 3 nitrogen and oxygen atoms in total. The van der Waals surface area contributed by atoms with E-state index in [0.717, 1.165) is 5.56 Å². The minimum atomic E-state index is -0.456. The van der Waals surface area contributed by atoms with E-state index in [1.165, 1.54) is 0 Å². The highest BCUT2D eigenvalue weighted by Gasteiger charge is 2.25. The molecule has 0 atom stereocenters. The van der Waals surface area contributed by atoms with E-state index in [1.54, 1.807) is 35.4 Å². The molecule has 0 aliphatic carbocycles. The summed E-state index contributed by atoms with van der Waals surface area (Å²) in [5, 5.41) is 0.675. The molecule has 2 aromatic rings. The fourth-order valence-electron chi connectivity index (χ4n) is 1.76. The zero-order chi connectivity index (χ0) is 14.8. The Morgan fingerprint density at radius 1 is 1.25 bits per heavy atom. The van der Waals surface area contributed by atoms with Crippen molar-refractivity contribution in [3.8, 4) is 0 Å². The van der Waals surface area contributed by atoms with Gasteiger partial charge in [-0.2, -0.15) is 0 Å². The summed E-state index contributed by atoms with van der Waals surface area (Å²) >= 11 is 5.88. The van der Waals surface area contributed by atoms with E-state index in [9.17, 15) is 4.79 Å². The molecule has 0 unspecified atom stereocenters. The Balaban J connectivity index is 2.47. The van der Waals surface area contributed by atoms with Crippen LogP contribution >= 0.6 is 11.6 Å². The van der Waals surface area contributed by atoms with Crippen molar-refractivity contribution >= 4 is 29.2 Å². The molecule has 0 amide bonds. The number of benzene rings is 1. The van der Waals surface area contributed by atoms with Crippen LogP contribution in [0.3, 0.4) is 0 Å². The average molecular weight is 289 g/mol. The van der Waals surface area contributed by atoms with Crippen molar-refractivity contribution in [3.63, 3.8) is 0 Å². The summed E-state index contributed by atoms with van der Waals surface area (Å²) in [6.07, 6.45) is 6.91. The molecule has 0 N–H and O–H groups in total. The van der Waals surface area contributed by atoms with Gasteiger partial charge in [-0.3, -0.25) is 4.79 Å². The summed E-state index contributed by atoms with van der Waals surface area (Å²) in [6.45, 7) is 5.71.